The van der Waals surface area contributed by atoms with Gasteiger partial charge in [-0.15, -0.1) is 11.8 Å². The van der Waals surface area contributed by atoms with Crippen molar-refractivity contribution < 1.29 is 4.79 Å². The zero-order chi connectivity index (χ0) is 18.8. The molecular weight excluding hydrogens is 342 g/mol. The summed E-state index contributed by atoms with van der Waals surface area (Å²) in [5, 5.41) is 11.8. The van der Waals surface area contributed by atoms with E-state index in [1.54, 1.807) is 23.9 Å². The molecule has 0 aliphatic heterocycles. The van der Waals surface area contributed by atoms with Gasteiger partial charge in [0.25, 0.3) is 0 Å². The zero-order valence-corrected chi connectivity index (χ0v) is 16.2. The lowest BCUT2D eigenvalue weighted by molar-refractivity contribution is -0.118. The summed E-state index contributed by atoms with van der Waals surface area (Å²) < 4.78 is 0. The van der Waals surface area contributed by atoms with Gasteiger partial charge in [0.2, 0.25) is 5.91 Å². The number of nitrogens with zero attached hydrogens (tertiary/aromatic N) is 2. The van der Waals surface area contributed by atoms with Crippen molar-refractivity contribution in [1.82, 2.24) is 5.32 Å². The Morgan fingerprint density at radius 3 is 2.58 bits per heavy atom. The fourth-order valence-corrected chi connectivity index (χ4v) is 3.50. The van der Waals surface area contributed by atoms with E-state index in [0.29, 0.717) is 17.9 Å². The van der Waals surface area contributed by atoms with Crippen molar-refractivity contribution in [3.05, 3.63) is 65.2 Å². The number of benzene rings is 2. The molecule has 0 radical (unpaired) electrons. The van der Waals surface area contributed by atoms with Crippen molar-refractivity contribution in [3.63, 3.8) is 0 Å². The van der Waals surface area contributed by atoms with Crippen LogP contribution in [0.15, 0.2) is 48.5 Å². The summed E-state index contributed by atoms with van der Waals surface area (Å²) in [5.74, 6) is 1.27. The van der Waals surface area contributed by atoms with Gasteiger partial charge in [0, 0.05) is 31.1 Å². The molecule has 0 aliphatic rings. The number of likely N-dealkylation sites (N-methyl/N-ethyl adjacent to an activating group) is 1. The number of hydrogen-bond acceptors (Lipinski definition) is 4. The zero-order valence-electron chi connectivity index (χ0n) is 15.4. The van der Waals surface area contributed by atoms with Crippen LogP contribution >= 0.6 is 11.8 Å². The van der Waals surface area contributed by atoms with Crippen molar-refractivity contribution >= 4 is 23.4 Å². The molecular formula is C21H25N3OS. The first-order chi connectivity index (χ1) is 12.6. The molecule has 136 valence electrons. The Hall–Kier alpha value is -2.45. The minimum Gasteiger partial charge on any atom is -0.370 e. The Bertz CT molecular complexity index is 753. The van der Waals surface area contributed by atoms with Crippen LogP contribution in [-0.2, 0) is 10.5 Å². The molecule has 0 saturated heterocycles. The number of carbonyl (C=O) groups excluding carboxylic acids is 1. The van der Waals surface area contributed by atoms with Crippen LogP contribution in [-0.4, -0.2) is 31.3 Å². The number of nitrogens with one attached hydrogen (secondary N) is 1. The van der Waals surface area contributed by atoms with E-state index in [1.165, 1.54) is 11.3 Å². The van der Waals surface area contributed by atoms with Gasteiger partial charge in [-0.2, -0.15) is 5.26 Å². The summed E-state index contributed by atoms with van der Waals surface area (Å²) in [5.41, 5.74) is 4.25. The second kappa shape index (κ2) is 10.5. The SMILES string of the molecule is CCN(CCNC(=O)CSCc1ccc(C#N)cc1)c1ccccc1C. The van der Waals surface area contributed by atoms with E-state index < -0.39 is 0 Å². The Labute approximate surface area is 160 Å². The predicted molar refractivity (Wildman–Crippen MR) is 109 cm³/mol. The molecule has 4 nitrogen and oxygen atoms in total. The van der Waals surface area contributed by atoms with Crippen molar-refractivity contribution in [2.24, 2.45) is 0 Å². The van der Waals surface area contributed by atoms with Crippen LogP contribution in [0, 0.1) is 18.3 Å². The van der Waals surface area contributed by atoms with Crippen molar-refractivity contribution in [2.45, 2.75) is 19.6 Å². The van der Waals surface area contributed by atoms with E-state index >= 15 is 0 Å². The smallest absolute Gasteiger partial charge is 0.230 e. The van der Waals surface area contributed by atoms with E-state index in [9.17, 15) is 4.79 Å². The molecule has 1 amide bonds. The molecule has 0 aliphatic carbocycles. The number of thioether (sulfide) groups is 1. The molecule has 0 atom stereocenters. The summed E-state index contributed by atoms with van der Waals surface area (Å²) in [6.45, 7) is 6.58. The van der Waals surface area contributed by atoms with Crippen LogP contribution in [0.2, 0.25) is 0 Å². The topological polar surface area (TPSA) is 56.1 Å². The van der Waals surface area contributed by atoms with Crippen LogP contribution in [0.5, 0.6) is 0 Å². The van der Waals surface area contributed by atoms with Crippen LogP contribution in [0.4, 0.5) is 5.69 Å². The normalized spacial score (nSPS) is 10.2. The third-order valence-corrected chi connectivity index (χ3v) is 5.13. The molecule has 5 heteroatoms. The molecule has 2 rings (SSSR count). The lowest BCUT2D eigenvalue weighted by atomic mass is 10.2. The van der Waals surface area contributed by atoms with E-state index in [2.05, 4.69) is 42.3 Å². The summed E-state index contributed by atoms with van der Waals surface area (Å²) in [7, 11) is 0. The number of nitriles is 1. The molecule has 0 heterocycles. The predicted octanol–water partition coefficient (Wildman–Crippen LogP) is 3.74. The number of hydrogen-bond donors (Lipinski definition) is 1. The monoisotopic (exact) mass is 367 g/mol. The van der Waals surface area contributed by atoms with Crippen LogP contribution in [0.25, 0.3) is 0 Å². The second-order valence-electron chi connectivity index (χ2n) is 6.02. The molecule has 0 aromatic heterocycles. The van der Waals surface area contributed by atoms with Crippen LogP contribution < -0.4 is 10.2 Å². The summed E-state index contributed by atoms with van der Waals surface area (Å²) in [6, 6.07) is 17.9. The van der Waals surface area contributed by atoms with Gasteiger partial charge >= 0.3 is 0 Å². The number of aryl methyl sites for hydroxylation is 1. The molecule has 26 heavy (non-hydrogen) atoms. The Balaban J connectivity index is 1.69. The van der Waals surface area contributed by atoms with Crippen molar-refractivity contribution in [2.75, 3.05) is 30.3 Å². The molecule has 0 fully saturated rings. The number of para-hydroxylation sites is 1. The summed E-state index contributed by atoms with van der Waals surface area (Å²) in [6.07, 6.45) is 0. The maximum absolute atomic E-state index is 12.0. The van der Waals surface area contributed by atoms with E-state index in [-0.39, 0.29) is 5.91 Å². The third kappa shape index (κ3) is 6.12. The maximum Gasteiger partial charge on any atom is 0.230 e. The average Bonchev–Trinajstić information content (AvgIpc) is 2.66. The number of rotatable bonds is 9. The van der Waals surface area contributed by atoms with Gasteiger partial charge in [-0.25, -0.2) is 0 Å². The summed E-state index contributed by atoms with van der Waals surface area (Å²) >= 11 is 1.58. The van der Waals surface area contributed by atoms with Gasteiger partial charge in [0.05, 0.1) is 17.4 Å². The Kier molecular flexibility index (Phi) is 8.04. The van der Waals surface area contributed by atoms with E-state index in [1.807, 2.05) is 24.3 Å². The largest absolute Gasteiger partial charge is 0.370 e. The number of carbonyl (C=O) groups is 1. The molecule has 0 saturated carbocycles. The van der Waals surface area contributed by atoms with Crippen LogP contribution in [0.3, 0.4) is 0 Å². The first-order valence-electron chi connectivity index (χ1n) is 8.78. The second-order valence-corrected chi connectivity index (χ2v) is 7.00. The summed E-state index contributed by atoms with van der Waals surface area (Å²) in [4.78, 5) is 14.3. The molecule has 0 bridgehead atoms. The highest BCUT2D eigenvalue weighted by Crippen LogP contribution is 2.18. The minimum atomic E-state index is 0.0597. The van der Waals surface area contributed by atoms with E-state index in [0.717, 1.165) is 24.4 Å². The molecule has 2 aromatic carbocycles. The maximum atomic E-state index is 12.0. The van der Waals surface area contributed by atoms with Crippen molar-refractivity contribution in [1.29, 1.82) is 5.26 Å². The van der Waals surface area contributed by atoms with E-state index in [4.69, 9.17) is 5.26 Å². The average molecular weight is 368 g/mol. The molecule has 1 N–H and O–H groups in total. The standard InChI is InChI=1S/C21H25N3OS/c1-3-24(20-7-5-4-6-17(20)2)13-12-23-21(25)16-26-15-19-10-8-18(14-22)9-11-19/h4-11H,3,12-13,15-16H2,1-2H3,(H,23,25). The lowest BCUT2D eigenvalue weighted by Crippen LogP contribution is -2.36. The third-order valence-electron chi connectivity index (χ3n) is 4.13. The van der Waals surface area contributed by atoms with Gasteiger partial charge in [0.15, 0.2) is 0 Å². The minimum absolute atomic E-state index is 0.0597. The fourth-order valence-electron chi connectivity index (χ4n) is 2.69. The first-order valence-corrected chi connectivity index (χ1v) is 9.93. The molecule has 0 spiro atoms. The van der Waals surface area contributed by atoms with Gasteiger partial charge in [-0.05, 0) is 43.2 Å². The highest BCUT2D eigenvalue weighted by molar-refractivity contribution is 7.99. The Morgan fingerprint density at radius 1 is 1.19 bits per heavy atom. The quantitative estimate of drug-likeness (QED) is 0.733. The van der Waals surface area contributed by atoms with Gasteiger partial charge in [-0.1, -0.05) is 30.3 Å². The highest BCUT2D eigenvalue weighted by Gasteiger charge is 2.08. The lowest BCUT2D eigenvalue weighted by Gasteiger charge is -2.25. The van der Waals surface area contributed by atoms with Gasteiger partial charge in [0.1, 0.15) is 0 Å². The number of amides is 1. The Morgan fingerprint density at radius 2 is 1.92 bits per heavy atom. The van der Waals surface area contributed by atoms with Crippen LogP contribution in [0.1, 0.15) is 23.6 Å². The first kappa shape index (κ1) is 19.9. The number of anilines is 1. The molecule has 2 aromatic rings. The van der Waals surface area contributed by atoms with Gasteiger partial charge in [-0.3, -0.25) is 4.79 Å². The highest BCUT2D eigenvalue weighted by atomic mass is 32.2. The molecule has 0 unspecified atom stereocenters. The van der Waals surface area contributed by atoms with Gasteiger partial charge < -0.3 is 10.2 Å². The van der Waals surface area contributed by atoms with Crippen molar-refractivity contribution in [3.8, 4) is 6.07 Å². The fraction of sp³-hybridized carbons (Fsp3) is 0.333.